The Morgan fingerprint density at radius 2 is 1.84 bits per heavy atom. The number of nitrogens with one attached hydrogen (secondary N) is 1. The smallest absolute Gasteiger partial charge is 0.412 e. The van der Waals surface area contributed by atoms with Crippen molar-refractivity contribution >= 4 is 44.5 Å². The number of anilines is 1. The zero-order valence-corrected chi connectivity index (χ0v) is 18.1. The van der Waals surface area contributed by atoms with Crippen LogP contribution >= 0.6 is 15.9 Å². The van der Waals surface area contributed by atoms with E-state index in [1.165, 1.54) is 19.3 Å². The summed E-state index contributed by atoms with van der Waals surface area (Å²) >= 11 is 3.32. The van der Waals surface area contributed by atoms with Crippen LogP contribution in [0.5, 0.6) is 5.75 Å². The molecule has 31 heavy (non-hydrogen) atoms. The van der Waals surface area contributed by atoms with E-state index in [0.29, 0.717) is 10.2 Å². The summed E-state index contributed by atoms with van der Waals surface area (Å²) in [7, 11) is 1.35. The maximum Gasteiger partial charge on any atom is 0.412 e. The van der Waals surface area contributed by atoms with Gasteiger partial charge in [0.25, 0.3) is 0 Å². The number of aromatic hydroxyl groups is 1. The van der Waals surface area contributed by atoms with E-state index in [-0.39, 0.29) is 11.3 Å². The highest BCUT2D eigenvalue weighted by Gasteiger charge is 2.28. The van der Waals surface area contributed by atoms with Gasteiger partial charge in [-0.3, -0.25) is 5.32 Å². The minimum absolute atomic E-state index is 0.128. The van der Waals surface area contributed by atoms with Crippen LogP contribution in [-0.2, 0) is 14.3 Å². The van der Waals surface area contributed by atoms with E-state index >= 15 is 0 Å². The van der Waals surface area contributed by atoms with Gasteiger partial charge >= 0.3 is 12.1 Å². The van der Waals surface area contributed by atoms with Gasteiger partial charge in [0.2, 0.25) is 0 Å². The summed E-state index contributed by atoms with van der Waals surface area (Å²) in [5.74, 6) is -1.31. The molecule has 0 saturated carbocycles. The van der Waals surface area contributed by atoms with Gasteiger partial charge in [0.15, 0.2) is 6.10 Å². The molecular formula is C23H20BrNO6. The minimum atomic E-state index is -1.18. The van der Waals surface area contributed by atoms with E-state index in [0.717, 1.165) is 16.8 Å². The fourth-order valence-electron chi connectivity index (χ4n) is 3.13. The molecule has 1 amide bonds. The maximum atomic E-state index is 12.8. The first-order valence-corrected chi connectivity index (χ1v) is 10.1. The van der Waals surface area contributed by atoms with Gasteiger partial charge < -0.3 is 19.7 Å². The molecule has 160 valence electrons. The lowest BCUT2D eigenvalue weighted by Crippen LogP contribution is -2.27. The van der Waals surface area contributed by atoms with E-state index in [9.17, 15) is 14.7 Å². The molecule has 8 heteroatoms. The second-order valence-electron chi connectivity index (χ2n) is 6.58. The lowest BCUT2D eigenvalue weighted by atomic mass is 10.0. The largest absolute Gasteiger partial charge is 0.508 e. The fraction of sp³-hybridized carbons (Fsp3) is 0.130. The van der Waals surface area contributed by atoms with E-state index in [4.69, 9.17) is 14.6 Å². The van der Waals surface area contributed by atoms with Gasteiger partial charge in [0, 0.05) is 28.6 Å². The third-order valence-corrected chi connectivity index (χ3v) is 5.05. The second kappa shape index (κ2) is 10.1. The number of fused-ring (bicyclic) bond motifs is 1. The molecule has 0 bridgehead atoms. The number of amides is 1. The summed E-state index contributed by atoms with van der Waals surface area (Å²) in [6, 6.07) is 17.7. The van der Waals surface area contributed by atoms with Crippen molar-refractivity contribution in [2.75, 3.05) is 12.4 Å². The number of carbonyl (C=O) groups is 2. The predicted molar refractivity (Wildman–Crippen MR) is 120 cm³/mol. The number of hydrogen-bond acceptors (Lipinski definition) is 5. The average molecular weight is 486 g/mol. The highest BCUT2D eigenvalue weighted by molar-refractivity contribution is 9.10. The second-order valence-corrected chi connectivity index (χ2v) is 7.49. The lowest BCUT2D eigenvalue weighted by Gasteiger charge is -2.25. The van der Waals surface area contributed by atoms with Gasteiger partial charge in [-0.1, -0.05) is 52.3 Å². The summed E-state index contributed by atoms with van der Waals surface area (Å²) in [6.07, 6.45) is -0.727. The molecule has 7 nitrogen and oxygen atoms in total. The minimum Gasteiger partial charge on any atom is -0.508 e. The van der Waals surface area contributed by atoms with Crippen molar-refractivity contribution < 1.29 is 29.3 Å². The quantitative estimate of drug-likeness (QED) is 0.394. The third-order valence-electron chi connectivity index (χ3n) is 4.56. The molecule has 0 aromatic heterocycles. The number of benzene rings is 3. The van der Waals surface area contributed by atoms with Crippen LogP contribution in [0, 0.1) is 0 Å². The number of phenols is 1. The van der Waals surface area contributed by atoms with Crippen LogP contribution in [0.3, 0.4) is 0 Å². The number of methoxy groups -OCH3 is 1. The Kier molecular flexibility index (Phi) is 7.28. The summed E-state index contributed by atoms with van der Waals surface area (Å²) in [5, 5.41) is 23.8. The zero-order valence-electron chi connectivity index (χ0n) is 16.5. The molecule has 0 spiro atoms. The van der Waals surface area contributed by atoms with Crippen LogP contribution in [0.25, 0.3) is 10.8 Å². The van der Waals surface area contributed by atoms with E-state index in [1.807, 2.05) is 36.4 Å². The van der Waals surface area contributed by atoms with Gasteiger partial charge in [0.1, 0.15) is 11.9 Å². The first-order chi connectivity index (χ1) is 14.9. The molecule has 3 rings (SSSR count). The lowest BCUT2D eigenvalue weighted by molar-refractivity contribution is -0.131. The van der Waals surface area contributed by atoms with Gasteiger partial charge in [-0.2, -0.15) is 0 Å². The van der Waals surface area contributed by atoms with Gasteiger partial charge in [-0.15, -0.1) is 0 Å². The van der Waals surface area contributed by atoms with Crippen LogP contribution in [0.4, 0.5) is 10.5 Å². The number of carboxylic acids is 1. The zero-order chi connectivity index (χ0) is 22.4. The molecule has 0 aliphatic carbocycles. The van der Waals surface area contributed by atoms with Crippen LogP contribution in [0.2, 0.25) is 0 Å². The molecule has 3 N–H and O–H groups in total. The normalized spacial score (nSPS) is 13.1. The first kappa shape index (κ1) is 22.3. The molecule has 2 atom stereocenters. The Bertz CT molecular complexity index is 1120. The first-order valence-electron chi connectivity index (χ1n) is 9.26. The number of phenolic OH excluding ortho intramolecular Hbond substituents is 1. The predicted octanol–water partition coefficient (Wildman–Crippen LogP) is 5.25. The molecule has 0 heterocycles. The van der Waals surface area contributed by atoms with Crippen molar-refractivity contribution in [3.63, 3.8) is 0 Å². The van der Waals surface area contributed by atoms with Crippen LogP contribution in [0.15, 0.2) is 77.3 Å². The Labute approximate surface area is 187 Å². The van der Waals surface area contributed by atoms with Gasteiger partial charge in [-0.05, 0) is 35.7 Å². The van der Waals surface area contributed by atoms with Crippen molar-refractivity contribution in [2.45, 2.75) is 12.2 Å². The topological polar surface area (TPSA) is 105 Å². The van der Waals surface area contributed by atoms with E-state index in [1.54, 1.807) is 18.2 Å². The molecule has 3 aromatic rings. The standard InChI is InChI=1S/C23H20BrNO6/c1-30-20(11-12-21(27)28)22(17-13-15(24)9-10-19(17)26)31-23(29)25-18-8-4-6-14-5-2-3-7-16(14)18/h2-13,20,22,26H,1H3,(H,25,29)(H,27,28)/b12-11+/t20-,22-/m1/s1. The Morgan fingerprint density at radius 1 is 1.10 bits per heavy atom. The highest BCUT2D eigenvalue weighted by Crippen LogP contribution is 2.34. The SMILES string of the molecule is CO[C@H](/C=C/C(=O)O)[C@H](OC(=O)Nc1cccc2ccccc12)c1cc(Br)ccc1O. The Balaban J connectivity index is 1.92. The summed E-state index contributed by atoms with van der Waals surface area (Å²) < 4.78 is 11.6. The molecular weight excluding hydrogens is 466 g/mol. The molecule has 0 saturated heterocycles. The summed E-state index contributed by atoms with van der Waals surface area (Å²) in [6.45, 7) is 0. The number of carboxylic acid groups (broad SMARTS) is 1. The van der Waals surface area contributed by atoms with E-state index in [2.05, 4.69) is 21.2 Å². The van der Waals surface area contributed by atoms with Crippen molar-refractivity contribution in [3.8, 4) is 5.75 Å². The number of carbonyl (C=O) groups excluding carboxylic acids is 1. The molecule has 0 unspecified atom stereocenters. The number of aliphatic carboxylic acids is 1. The summed E-state index contributed by atoms with van der Waals surface area (Å²) in [4.78, 5) is 23.7. The summed E-state index contributed by atoms with van der Waals surface area (Å²) in [5.41, 5.74) is 0.805. The average Bonchev–Trinajstić information content (AvgIpc) is 2.75. The molecule has 0 aliphatic rings. The number of rotatable bonds is 7. The molecule has 3 aromatic carbocycles. The molecule has 0 radical (unpaired) electrons. The molecule has 0 aliphatic heterocycles. The van der Waals surface area contributed by atoms with Crippen LogP contribution < -0.4 is 5.32 Å². The Morgan fingerprint density at radius 3 is 2.58 bits per heavy atom. The van der Waals surface area contributed by atoms with Gasteiger partial charge in [-0.25, -0.2) is 9.59 Å². The molecule has 0 fully saturated rings. The number of ether oxygens (including phenoxy) is 2. The Hall–Kier alpha value is -3.36. The maximum absolute atomic E-state index is 12.8. The fourth-order valence-corrected chi connectivity index (χ4v) is 3.51. The van der Waals surface area contributed by atoms with Crippen molar-refractivity contribution in [2.24, 2.45) is 0 Å². The van der Waals surface area contributed by atoms with Crippen LogP contribution in [0.1, 0.15) is 11.7 Å². The third kappa shape index (κ3) is 5.62. The van der Waals surface area contributed by atoms with Gasteiger partial charge in [0.05, 0.1) is 5.69 Å². The van der Waals surface area contributed by atoms with Crippen LogP contribution in [-0.4, -0.2) is 35.5 Å². The monoisotopic (exact) mass is 485 g/mol. The van der Waals surface area contributed by atoms with Crippen molar-refractivity contribution in [1.82, 2.24) is 0 Å². The number of hydrogen-bond donors (Lipinski definition) is 3. The van der Waals surface area contributed by atoms with E-state index < -0.39 is 24.3 Å². The number of halogens is 1. The highest BCUT2D eigenvalue weighted by atomic mass is 79.9. The van der Waals surface area contributed by atoms with Crippen molar-refractivity contribution in [1.29, 1.82) is 0 Å². The van der Waals surface area contributed by atoms with Crippen molar-refractivity contribution in [3.05, 3.63) is 82.9 Å².